The summed E-state index contributed by atoms with van der Waals surface area (Å²) in [6.45, 7) is 3.43. The molecule has 25 heavy (non-hydrogen) atoms. The van der Waals surface area contributed by atoms with Gasteiger partial charge in [0, 0.05) is 49.5 Å². The minimum Gasteiger partial charge on any atom is -0.337 e. The summed E-state index contributed by atoms with van der Waals surface area (Å²) in [4.78, 5) is 27.2. The normalized spacial score (nSPS) is 15.7. The van der Waals surface area contributed by atoms with Gasteiger partial charge < -0.3 is 4.90 Å². The summed E-state index contributed by atoms with van der Waals surface area (Å²) < 4.78 is 1.83. The first-order valence-corrected chi connectivity index (χ1v) is 8.49. The first-order valence-electron chi connectivity index (χ1n) is 8.49. The number of fused-ring (bicyclic) bond motifs is 1. The molecule has 0 aromatic carbocycles. The van der Waals surface area contributed by atoms with E-state index in [0.717, 1.165) is 35.3 Å². The lowest BCUT2D eigenvalue weighted by molar-refractivity contribution is 0.0705. The highest BCUT2D eigenvalue weighted by Gasteiger charge is 2.26. The number of nitrogens with zero attached hydrogens (tertiary/aromatic N) is 6. The molecule has 1 saturated heterocycles. The van der Waals surface area contributed by atoms with Gasteiger partial charge in [0.15, 0.2) is 5.65 Å². The zero-order chi connectivity index (χ0) is 17.4. The molecule has 0 spiro atoms. The van der Waals surface area contributed by atoms with Crippen molar-refractivity contribution in [3.05, 3.63) is 47.8 Å². The van der Waals surface area contributed by atoms with Crippen LogP contribution in [0.2, 0.25) is 0 Å². The maximum absolute atomic E-state index is 12.5. The molecular formula is C18H20N6O. The molecule has 4 rings (SSSR count). The Hall–Kier alpha value is -2.83. The van der Waals surface area contributed by atoms with Crippen LogP contribution in [0.15, 0.2) is 30.7 Å². The Morgan fingerprint density at radius 2 is 2.00 bits per heavy atom. The highest BCUT2D eigenvalue weighted by molar-refractivity contribution is 5.92. The van der Waals surface area contributed by atoms with E-state index in [0.29, 0.717) is 24.7 Å². The van der Waals surface area contributed by atoms with E-state index in [4.69, 9.17) is 4.98 Å². The average molecular weight is 336 g/mol. The molecule has 0 saturated carbocycles. The van der Waals surface area contributed by atoms with Gasteiger partial charge in [0.2, 0.25) is 0 Å². The van der Waals surface area contributed by atoms with Gasteiger partial charge in [-0.15, -0.1) is 0 Å². The van der Waals surface area contributed by atoms with Crippen molar-refractivity contribution in [2.45, 2.75) is 25.7 Å². The predicted octanol–water partition coefficient (Wildman–Crippen LogP) is 2.09. The van der Waals surface area contributed by atoms with Crippen molar-refractivity contribution in [1.29, 1.82) is 0 Å². The molecule has 0 bridgehead atoms. The largest absolute Gasteiger partial charge is 0.337 e. The zero-order valence-electron chi connectivity index (χ0n) is 14.4. The van der Waals surface area contributed by atoms with Crippen molar-refractivity contribution in [2.24, 2.45) is 7.05 Å². The minimum absolute atomic E-state index is 0.0442. The van der Waals surface area contributed by atoms with Crippen LogP contribution in [0.3, 0.4) is 0 Å². The number of piperidine rings is 1. The molecule has 7 heteroatoms. The van der Waals surface area contributed by atoms with E-state index in [1.54, 1.807) is 12.4 Å². The Kier molecular flexibility index (Phi) is 3.91. The second-order valence-corrected chi connectivity index (χ2v) is 6.47. The fraction of sp³-hybridized carbons (Fsp3) is 0.389. The fourth-order valence-electron chi connectivity index (χ4n) is 3.50. The Balaban J connectivity index is 1.48. The van der Waals surface area contributed by atoms with Gasteiger partial charge in [-0.25, -0.2) is 9.97 Å². The second-order valence-electron chi connectivity index (χ2n) is 6.47. The second kappa shape index (κ2) is 6.23. The smallest absolute Gasteiger partial charge is 0.274 e. The van der Waals surface area contributed by atoms with Crippen molar-refractivity contribution < 1.29 is 4.79 Å². The molecule has 0 N–H and O–H groups in total. The minimum atomic E-state index is -0.0442. The van der Waals surface area contributed by atoms with Crippen LogP contribution >= 0.6 is 0 Å². The van der Waals surface area contributed by atoms with E-state index >= 15 is 0 Å². The summed E-state index contributed by atoms with van der Waals surface area (Å²) >= 11 is 0. The first kappa shape index (κ1) is 15.7. The highest BCUT2D eigenvalue weighted by Crippen LogP contribution is 2.29. The molecule has 1 aliphatic rings. The van der Waals surface area contributed by atoms with E-state index in [1.807, 2.05) is 23.6 Å². The molecule has 0 aliphatic carbocycles. The molecule has 1 aliphatic heterocycles. The molecule has 1 fully saturated rings. The summed E-state index contributed by atoms with van der Waals surface area (Å²) in [5.41, 5.74) is 3.42. The van der Waals surface area contributed by atoms with Crippen molar-refractivity contribution in [1.82, 2.24) is 29.6 Å². The van der Waals surface area contributed by atoms with E-state index in [9.17, 15) is 4.79 Å². The number of hydrogen-bond acceptors (Lipinski definition) is 5. The number of rotatable bonds is 2. The van der Waals surface area contributed by atoms with Crippen LogP contribution in [-0.2, 0) is 7.05 Å². The monoisotopic (exact) mass is 336 g/mol. The number of amides is 1. The van der Waals surface area contributed by atoms with Gasteiger partial charge in [0.25, 0.3) is 5.91 Å². The van der Waals surface area contributed by atoms with Crippen LogP contribution in [-0.4, -0.2) is 48.6 Å². The Bertz CT molecular complexity index is 912. The average Bonchev–Trinajstić information content (AvgIpc) is 2.95. The fourth-order valence-corrected chi connectivity index (χ4v) is 3.50. The van der Waals surface area contributed by atoms with Crippen LogP contribution in [0.5, 0.6) is 0 Å². The number of hydrogen-bond donors (Lipinski definition) is 0. The van der Waals surface area contributed by atoms with Gasteiger partial charge in [-0.05, 0) is 31.9 Å². The van der Waals surface area contributed by atoms with Gasteiger partial charge in [-0.3, -0.25) is 14.5 Å². The Morgan fingerprint density at radius 1 is 1.20 bits per heavy atom. The maximum Gasteiger partial charge on any atom is 0.274 e. The Morgan fingerprint density at radius 3 is 2.72 bits per heavy atom. The summed E-state index contributed by atoms with van der Waals surface area (Å²) in [6.07, 6.45) is 6.46. The van der Waals surface area contributed by atoms with Crippen LogP contribution in [0.4, 0.5) is 0 Å². The number of aryl methyl sites for hydroxylation is 2. The van der Waals surface area contributed by atoms with Gasteiger partial charge in [-0.2, -0.15) is 5.10 Å². The molecule has 4 heterocycles. The molecule has 3 aromatic rings. The van der Waals surface area contributed by atoms with E-state index in [-0.39, 0.29) is 5.91 Å². The van der Waals surface area contributed by atoms with Crippen molar-refractivity contribution in [3.63, 3.8) is 0 Å². The van der Waals surface area contributed by atoms with Crippen LogP contribution in [0.1, 0.15) is 40.6 Å². The lowest BCUT2D eigenvalue weighted by Crippen LogP contribution is -2.38. The number of likely N-dealkylation sites (tertiary alicyclic amines) is 1. The molecule has 0 unspecified atom stereocenters. The van der Waals surface area contributed by atoms with Crippen LogP contribution in [0, 0.1) is 6.92 Å². The maximum atomic E-state index is 12.5. The van der Waals surface area contributed by atoms with Crippen LogP contribution in [0.25, 0.3) is 11.0 Å². The van der Waals surface area contributed by atoms with Crippen LogP contribution < -0.4 is 0 Å². The molecule has 128 valence electrons. The van der Waals surface area contributed by atoms with Gasteiger partial charge >= 0.3 is 0 Å². The lowest BCUT2D eigenvalue weighted by atomic mass is 9.92. The third-order valence-corrected chi connectivity index (χ3v) is 4.88. The number of aromatic nitrogens is 5. The van der Waals surface area contributed by atoms with E-state index in [2.05, 4.69) is 27.2 Å². The first-order chi connectivity index (χ1) is 12.1. The van der Waals surface area contributed by atoms with Gasteiger partial charge in [0.05, 0.1) is 11.9 Å². The summed E-state index contributed by atoms with van der Waals surface area (Å²) in [6, 6.07) is 4.21. The molecular weight excluding hydrogens is 316 g/mol. The van der Waals surface area contributed by atoms with Crippen molar-refractivity contribution in [3.8, 4) is 0 Å². The third kappa shape index (κ3) is 2.86. The number of pyridine rings is 1. The summed E-state index contributed by atoms with van der Waals surface area (Å²) in [5.74, 6) is 0.322. The quantitative estimate of drug-likeness (QED) is 0.716. The summed E-state index contributed by atoms with van der Waals surface area (Å²) in [7, 11) is 1.92. The standard InChI is InChI=1S/C18H20N6O/c1-12-14-3-4-15(21-17(14)23(2)22-12)13-5-9-24(10-6-13)18(25)16-11-19-7-8-20-16/h3-4,7-8,11,13H,5-6,9-10H2,1-2H3. The van der Waals surface area contributed by atoms with Crippen molar-refractivity contribution in [2.75, 3.05) is 13.1 Å². The molecule has 0 atom stereocenters. The topological polar surface area (TPSA) is 76.8 Å². The van der Waals surface area contributed by atoms with Gasteiger partial charge in [-0.1, -0.05) is 0 Å². The Labute approximate surface area is 145 Å². The highest BCUT2D eigenvalue weighted by atomic mass is 16.2. The predicted molar refractivity (Wildman–Crippen MR) is 93.2 cm³/mol. The molecule has 7 nitrogen and oxygen atoms in total. The summed E-state index contributed by atoms with van der Waals surface area (Å²) in [5, 5.41) is 5.53. The SMILES string of the molecule is Cc1nn(C)c2nc(C3CCN(C(=O)c4cnccn4)CC3)ccc12. The molecule has 1 amide bonds. The third-order valence-electron chi connectivity index (χ3n) is 4.88. The molecule has 3 aromatic heterocycles. The number of carbonyl (C=O) groups excluding carboxylic acids is 1. The zero-order valence-corrected chi connectivity index (χ0v) is 14.4. The van der Waals surface area contributed by atoms with E-state index in [1.165, 1.54) is 6.20 Å². The van der Waals surface area contributed by atoms with E-state index < -0.39 is 0 Å². The lowest BCUT2D eigenvalue weighted by Gasteiger charge is -2.31. The number of carbonyl (C=O) groups is 1. The van der Waals surface area contributed by atoms with Crippen molar-refractivity contribution >= 4 is 16.9 Å². The molecule has 0 radical (unpaired) electrons. The van der Waals surface area contributed by atoms with Gasteiger partial charge in [0.1, 0.15) is 5.69 Å².